The highest BCUT2D eigenvalue weighted by Crippen LogP contribution is 2.25. The first-order chi connectivity index (χ1) is 14.4. The van der Waals surface area contributed by atoms with Gasteiger partial charge in [-0.3, -0.25) is 0 Å². The summed E-state index contributed by atoms with van der Waals surface area (Å²) in [6.07, 6.45) is 1.57. The molecule has 3 aromatic rings. The molecule has 0 heterocycles. The maximum absolute atomic E-state index is 6.13. The van der Waals surface area contributed by atoms with Gasteiger partial charge in [-0.1, -0.05) is 70.7 Å². The molecule has 0 unspecified atom stereocenters. The third-order valence-electron chi connectivity index (χ3n) is 4.29. The van der Waals surface area contributed by atoms with Gasteiger partial charge in [0.05, 0.1) is 0 Å². The predicted octanol–water partition coefficient (Wildman–Crippen LogP) is 7.42. The Morgan fingerprint density at radius 2 is 1.23 bits per heavy atom. The Bertz CT molecular complexity index is 910. The molecule has 7 heteroatoms. The highest BCUT2D eigenvalue weighted by Gasteiger charge is 2.05. The monoisotopic (exact) mass is 594 g/mol. The molecular weight excluding hydrogens is 573 g/mol. The van der Waals surface area contributed by atoms with E-state index in [0.717, 1.165) is 47.1 Å². The predicted molar refractivity (Wildman–Crippen MR) is 140 cm³/mol. The molecule has 0 atom stereocenters. The van der Waals surface area contributed by atoms with E-state index in [-0.39, 0.29) is 0 Å². The van der Waals surface area contributed by atoms with Crippen molar-refractivity contribution >= 4 is 69.0 Å². The molecular formula is C23H23Cl4IN2. The molecule has 0 radical (unpaired) electrons. The summed E-state index contributed by atoms with van der Waals surface area (Å²) in [5.74, 6) is 0. The fourth-order valence-electron chi connectivity index (χ4n) is 2.78. The van der Waals surface area contributed by atoms with Crippen LogP contribution in [-0.2, 0) is 19.4 Å². The number of nitrogens with one attached hydrogen (secondary N) is 1. The molecule has 0 aliphatic rings. The van der Waals surface area contributed by atoms with Crippen LogP contribution in [0, 0.1) is 3.57 Å². The van der Waals surface area contributed by atoms with E-state index in [1.807, 2.05) is 36.4 Å². The molecule has 0 bridgehead atoms. The number of benzene rings is 3. The zero-order valence-electron chi connectivity index (χ0n) is 16.3. The SMILES string of the molecule is Clc1cccc(Cl)c1CCNCc1cccc(I)c1.NCCc1c(Cl)cccc1Cl. The first-order valence-corrected chi connectivity index (χ1v) is 12.0. The molecule has 0 aliphatic heterocycles. The first kappa shape index (κ1) is 25.7. The van der Waals surface area contributed by atoms with Crippen molar-refractivity contribution < 1.29 is 0 Å². The van der Waals surface area contributed by atoms with Gasteiger partial charge in [0.25, 0.3) is 0 Å². The molecule has 2 nitrogen and oxygen atoms in total. The molecule has 3 N–H and O–H groups in total. The molecule has 0 aliphatic carbocycles. The van der Waals surface area contributed by atoms with Gasteiger partial charge in [0.1, 0.15) is 0 Å². The topological polar surface area (TPSA) is 38.0 Å². The molecule has 0 saturated carbocycles. The van der Waals surface area contributed by atoms with Gasteiger partial charge in [0, 0.05) is 30.2 Å². The Labute approximate surface area is 212 Å². The van der Waals surface area contributed by atoms with E-state index in [4.69, 9.17) is 52.1 Å². The Balaban J connectivity index is 0.000000248. The summed E-state index contributed by atoms with van der Waals surface area (Å²) in [4.78, 5) is 0. The van der Waals surface area contributed by atoms with Crippen molar-refractivity contribution in [3.8, 4) is 0 Å². The van der Waals surface area contributed by atoms with Crippen molar-refractivity contribution in [2.24, 2.45) is 5.73 Å². The van der Waals surface area contributed by atoms with E-state index in [9.17, 15) is 0 Å². The van der Waals surface area contributed by atoms with E-state index in [1.165, 1.54) is 9.13 Å². The summed E-state index contributed by atoms with van der Waals surface area (Å²) in [5, 5.41) is 6.28. The zero-order valence-corrected chi connectivity index (χ0v) is 21.5. The summed E-state index contributed by atoms with van der Waals surface area (Å²) >= 11 is 26.3. The minimum absolute atomic E-state index is 0.573. The van der Waals surface area contributed by atoms with Crippen molar-refractivity contribution in [1.29, 1.82) is 0 Å². The minimum Gasteiger partial charge on any atom is -0.330 e. The van der Waals surface area contributed by atoms with Crippen LogP contribution in [-0.4, -0.2) is 13.1 Å². The number of nitrogens with two attached hydrogens (primary N) is 1. The lowest BCUT2D eigenvalue weighted by Gasteiger charge is -2.08. The van der Waals surface area contributed by atoms with Crippen molar-refractivity contribution in [2.45, 2.75) is 19.4 Å². The van der Waals surface area contributed by atoms with Crippen LogP contribution in [0.3, 0.4) is 0 Å². The highest BCUT2D eigenvalue weighted by atomic mass is 127. The number of hydrogen-bond acceptors (Lipinski definition) is 2. The molecule has 0 fully saturated rings. The number of hydrogen-bond donors (Lipinski definition) is 2. The van der Waals surface area contributed by atoms with Crippen molar-refractivity contribution in [3.05, 3.63) is 101 Å². The number of halogens is 5. The summed E-state index contributed by atoms with van der Waals surface area (Å²) in [5.41, 5.74) is 8.63. The lowest BCUT2D eigenvalue weighted by molar-refractivity contribution is 0.687. The Hall–Kier alpha value is -0.530. The second-order valence-electron chi connectivity index (χ2n) is 6.50. The molecule has 0 spiro atoms. The van der Waals surface area contributed by atoms with Gasteiger partial charge in [0.15, 0.2) is 0 Å². The molecule has 0 amide bonds. The maximum atomic E-state index is 6.13. The van der Waals surface area contributed by atoms with Crippen LogP contribution in [0.2, 0.25) is 20.1 Å². The fourth-order valence-corrected chi connectivity index (χ4v) is 4.56. The summed E-state index contributed by atoms with van der Waals surface area (Å²) in [6, 6.07) is 19.5. The van der Waals surface area contributed by atoms with Gasteiger partial charge in [-0.05, 0) is 102 Å². The summed E-state index contributed by atoms with van der Waals surface area (Å²) in [7, 11) is 0. The Morgan fingerprint density at radius 1 is 0.733 bits per heavy atom. The minimum atomic E-state index is 0.573. The van der Waals surface area contributed by atoms with Gasteiger partial charge in [-0.2, -0.15) is 0 Å². The van der Waals surface area contributed by atoms with E-state index < -0.39 is 0 Å². The highest BCUT2D eigenvalue weighted by molar-refractivity contribution is 14.1. The molecule has 0 aromatic heterocycles. The summed E-state index contributed by atoms with van der Waals surface area (Å²) < 4.78 is 1.26. The lowest BCUT2D eigenvalue weighted by atomic mass is 10.1. The van der Waals surface area contributed by atoms with Gasteiger partial charge < -0.3 is 11.1 Å². The maximum Gasteiger partial charge on any atom is 0.0453 e. The van der Waals surface area contributed by atoms with Crippen molar-refractivity contribution in [1.82, 2.24) is 5.32 Å². The van der Waals surface area contributed by atoms with Crippen LogP contribution in [0.5, 0.6) is 0 Å². The van der Waals surface area contributed by atoms with Crippen molar-refractivity contribution in [3.63, 3.8) is 0 Å². The largest absolute Gasteiger partial charge is 0.330 e. The quantitative estimate of drug-likeness (QED) is 0.220. The average molecular weight is 596 g/mol. The molecule has 30 heavy (non-hydrogen) atoms. The Kier molecular flexibility index (Phi) is 11.8. The third-order valence-corrected chi connectivity index (χ3v) is 6.38. The molecule has 3 rings (SSSR count). The van der Waals surface area contributed by atoms with Crippen LogP contribution >= 0.6 is 69.0 Å². The van der Waals surface area contributed by atoms with Crippen LogP contribution in [0.4, 0.5) is 0 Å². The molecule has 3 aromatic carbocycles. The molecule has 0 saturated heterocycles. The summed E-state index contributed by atoms with van der Waals surface area (Å²) in [6.45, 7) is 2.29. The van der Waals surface area contributed by atoms with Gasteiger partial charge in [-0.25, -0.2) is 0 Å². The van der Waals surface area contributed by atoms with Crippen LogP contribution in [0.15, 0.2) is 60.7 Å². The number of rotatable bonds is 7. The van der Waals surface area contributed by atoms with E-state index in [0.29, 0.717) is 16.6 Å². The standard InChI is InChI=1S/C15H14Cl2IN.C8H9Cl2N/c16-14-5-2-6-15(17)13(14)7-8-19-10-11-3-1-4-12(18)9-11;9-7-2-1-3-8(10)6(7)4-5-11/h1-6,9,19H,7-8,10H2;1-3H,4-5,11H2. The van der Waals surface area contributed by atoms with Gasteiger partial charge in [-0.15, -0.1) is 0 Å². The van der Waals surface area contributed by atoms with Crippen LogP contribution < -0.4 is 11.1 Å². The lowest BCUT2D eigenvalue weighted by Crippen LogP contribution is -2.17. The van der Waals surface area contributed by atoms with Crippen LogP contribution in [0.25, 0.3) is 0 Å². The van der Waals surface area contributed by atoms with Crippen LogP contribution in [0.1, 0.15) is 16.7 Å². The van der Waals surface area contributed by atoms with Crippen molar-refractivity contribution in [2.75, 3.05) is 13.1 Å². The van der Waals surface area contributed by atoms with Gasteiger partial charge >= 0.3 is 0 Å². The smallest absolute Gasteiger partial charge is 0.0453 e. The van der Waals surface area contributed by atoms with E-state index >= 15 is 0 Å². The van der Waals surface area contributed by atoms with Gasteiger partial charge in [0.2, 0.25) is 0 Å². The fraction of sp³-hybridized carbons (Fsp3) is 0.217. The zero-order chi connectivity index (χ0) is 21.9. The Morgan fingerprint density at radius 3 is 1.73 bits per heavy atom. The average Bonchev–Trinajstić information content (AvgIpc) is 2.71. The van der Waals surface area contributed by atoms with E-state index in [1.54, 1.807) is 0 Å². The third kappa shape index (κ3) is 8.54. The molecule has 160 valence electrons. The normalized spacial score (nSPS) is 10.5. The second kappa shape index (κ2) is 13.8. The second-order valence-corrected chi connectivity index (χ2v) is 9.37. The van der Waals surface area contributed by atoms with E-state index in [2.05, 4.69) is 52.2 Å². The first-order valence-electron chi connectivity index (χ1n) is 9.43.